The Balaban J connectivity index is 3.24. The molecule has 0 saturated heterocycles. The maximum Gasteiger partial charge on any atom is 0.132 e. The minimum absolute atomic E-state index is 0.0208. The largest absolute Gasteiger partial charge is 0.308 e. The third-order valence-electron chi connectivity index (χ3n) is 0.814. The Kier molecular flexibility index (Phi) is 3.91. The van der Waals surface area contributed by atoms with Crippen LogP contribution in [0.5, 0.6) is 0 Å². The molecule has 0 aromatic heterocycles. The zero-order chi connectivity index (χ0) is 6.57. The highest BCUT2D eigenvalue weighted by Crippen LogP contribution is 1.94. The first-order chi connectivity index (χ1) is 3.66. The van der Waals surface area contributed by atoms with E-state index < -0.39 is 0 Å². The van der Waals surface area contributed by atoms with Crippen molar-refractivity contribution in [1.82, 2.24) is 5.32 Å². The summed E-state index contributed by atoms with van der Waals surface area (Å²) in [5, 5.41) is 2.86. The zero-order valence-corrected chi connectivity index (χ0v) is 6.03. The summed E-state index contributed by atoms with van der Waals surface area (Å²) in [6, 6.07) is 0. The lowest BCUT2D eigenvalue weighted by atomic mass is 10.3. The van der Waals surface area contributed by atoms with E-state index in [1.807, 2.05) is 0 Å². The van der Waals surface area contributed by atoms with E-state index in [2.05, 4.69) is 17.9 Å². The maximum absolute atomic E-state index is 10.3. The van der Waals surface area contributed by atoms with Crippen molar-refractivity contribution in [3.05, 3.63) is 0 Å². The van der Waals surface area contributed by atoms with Crippen LogP contribution in [0.25, 0.3) is 0 Å². The van der Waals surface area contributed by atoms with Crippen LogP contribution >= 0.6 is 12.6 Å². The molecule has 0 heterocycles. The topological polar surface area (TPSA) is 29.1 Å². The average molecular weight is 133 g/mol. The van der Waals surface area contributed by atoms with E-state index in [-0.39, 0.29) is 11.2 Å². The molecule has 0 aromatic carbocycles. The van der Waals surface area contributed by atoms with E-state index in [0.717, 1.165) is 0 Å². The fourth-order valence-corrected chi connectivity index (χ4v) is 0.631. The predicted molar refractivity (Wildman–Crippen MR) is 37.1 cm³/mol. The molecule has 0 bridgehead atoms. The number of thiol groups is 1. The fourth-order valence-electron chi connectivity index (χ4n) is 0.374. The van der Waals surface area contributed by atoms with Crippen LogP contribution in [0.15, 0.2) is 0 Å². The van der Waals surface area contributed by atoms with Gasteiger partial charge >= 0.3 is 0 Å². The quantitative estimate of drug-likeness (QED) is 0.432. The van der Waals surface area contributed by atoms with Crippen LogP contribution in [-0.4, -0.2) is 18.2 Å². The molecule has 8 heavy (non-hydrogen) atoms. The number of Topliss-reactive ketones (excluding diaryl/α,β-unsaturated/α-hetero) is 1. The molecule has 0 amide bonds. The molecule has 0 fully saturated rings. The Morgan fingerprint density at radius 2 is 2.38 bits per heavy atom. The zero-order valence-electron chi connectivity index (χ0n) is 5.14. The van der Waals surface area contributed by atoms with Crippen LogP contribution in [0.4, 0.5) is 0 Å². The van der Waals surface area contributed by atoms with E-state index in [0.29, 0.717) is 6.42 Å². The van der Waals surface area contributed by atoms with Crippen LogP contribution in [0.1, 0.15) is 13.3 Å². The lowest BCUT2D eigenvalue weighted by Gasteiger charge is -2.03. The number of carbonyl (C=O) groups excluding carboxylic acids is 1. The Morgan fingerprint density at radius 1 is 1.88 bits per heavy atom. The highest BCUT2D eigenvalue weighted by Gasteiger charge is 2.00. The minimum Gasteiger partial charge on any atom is -0.308 e. The molecule has 0 aliphatic carbocycles. The first kappa shape index (κ1) is 7.98. The Hall–Kier alpha value is -0.0200. The van der Waals surface area contributed by atoms with Crippen LogP contribution in [0.3, 0.4) is 0 Å². The SMILES string of the molecule is CNC(S)CC(C)=O. The van der Waals surface area contributed by atoms with Gasteiger partial charge in [-0.1, -0.05) is 0 Å². The van der Waals surface area contributed by atoms with Crippen molar-refractivity contribution < 1.29 is 4.79 Å². The van der Waals surface area contributed by atoms with Gasteiger partial charge in [-0.3, -0.25) is 4.79 Å². The van der Waals surface area contributed by atoms with E-state index >= 15 is 0 Å². The lowest BCUT2D eigenvalue weighted by Crippen LogP contribution is -2.20. The third kappa shape index (κ3) is 4.15. The molecule has 0 radical (unpaired) electrons. The van der Waals surface area contributed by atoms with Crippen LogP contribution < -0.4 is 5.32 Å². The summed E-state index contributed by atoms with van der Waals surface area (Å²) in [6.07, 6.45) is 0.500. The summed E-state index contributed by atoms with van der Waals surface area (Å²) in [7, 11) is 1.78. The molecule has 2 nitrogen and oxygen atoms in total. The Bertz CT molecular complexity index is 84.5. The van der Waals surface area contributed by atoms with Crippen molar-refractivity contribution in [2.45, 2.75) is 18.7 Å². The molecule has 0 aromatic rings. The van der Waals surface area contributed by atoms with Crippen LogP contribution in [0, 0.1) is 0 Å². The highest BCUT2D eigenvalue weighted by molar-refractivity contribution is 7.80. The molecule has 1 unspecified atom stereocenters. The van der Waals surface area contributed by atoms with Gasteiger partial charge in [-0.05, 0) is 14.0 Å². The van der Waals surface area contributed by atoms with E-state index in [9.17, 15) is 4.79 Å². The number of nitrogens with one attached hydrogen (secondary N) is 1. The standard InChI is InChI=1S/C5H11NOS/c1-4(7)3-5(8)6-2/h5-6,8H,3H2,1-2H3. The van der Waals surface area contributed by atoms with E-state index in [4.69, 9.17) is 0 Å². The predicted octanol–water partition coefficient (Wildman–Crippen LogP) is 0.441. The number of hydrogen-bond acceptors (Lipinski definition) is 3. The van der Waals surface area contributed by atoms with Gasteiger partial charge in [-0.25, -0.2) is 0 Å². The van der Waals surface area contributed by atoms with Gasteiger partial charge in [0.2, 0.25) is 0 Å². The van der Waals surface area contributed by atoms with Gasteiger partial charge < -0.3 is 5.32 Å². The molecule has 48 valence electrons. The molecule has 0 spiro atoms. The molecule has 3 heteroatoms. The second-order valence-corrected chi connectivity index (χ2v) is 2.33. The second-order valence-electron chi connectivity index (χ2n) is 1.71. The van der Waals surface area contributed by atoms with Gasteiger partial charge in [0.1, 0.15) is 5.78 Å². The van der Waals surface area contributed by atoms with E-state index in [1.165, 1.54) is 0 Å². The maximum atomic E-state index is 10.3. The summed E-state index contributed by atoms with van der Waals surface area (Å²) < 4.78 is 0. The van der Waals surface area contributed by atoms with Crippen molar-refractivity contribution in [2.24, 2.45) is 0 Å². The Labute approximate surface area is 55.1 Å². The summed E-state index contributed by atoms with van der Waals surface area (Å²) >= 11 is 4.04. The van der Waals surface area contributed by atoms with Crippen molar-refractivity contribution in [1.29, 1.82) is 0 Å². The van der Waals surface area contributed by atoms with Crippen molar-refractivity contribution in [3.8, 4) is 0 Å². The van der Waals surface area contributed by atoms with Gasteiger partial charge in [0.15, 0.2) is 0 Å². The van der Waals surface area contributed by atoms with Gasteiger partial charge in [-0.15, -0.1) is 0 Å². The van der Waals surface area contributed by atoms with Gasteiger partial charge in [-0.2, -0.15) is 12.6 Å². The highest BCUT2D eigenvalue weighted by atomic mass is 32.1. The van der Waals surface area contributed by atoms with Gasteiger partial charge in [0, 0.05) is 6.42 Å². The van der Waals surface area contributed by atoms with Crippen molar-refractivity contribution >= 4 is 18.4 Å². The lowest BCUT2D eigenvalue weighted by molar-refractivity contribution is -0.117. The first-order valence-electron chi connectivity index (χ1n) is 2.51. The minimum atomic E-state index is 0.0208. The third-order valence-corrected chi connectivity index (χ3v) is 1.25. The number of hydrogen-bond donors (Lipinski definition) is 2. The molecular weight excluding hydrogens is 122 g/mol. The second kappa shape index (κ2) is 3.92. The molecule has 0 saturated carbocycles. The summed E-state index contributed by atoms with van der Waals surface area (Å²) in [4.78, 5) is 10.3. The summed E-state index contributed by atoms with van der Waals surface area (Å²) in [5.41, 5.74) is 0. The fraction of sp³-hybridized carbons (Fsp3) is 0.800. The number of rotatable bonds is 3. The summed E-state index contributed by atoms with van der Waals surface area (Å²) in [5.74, 6) is 0.166. The van der Waals surface area contributed by atoms with Gasteiger partial charge in [0.25, 0.3) is 0 Å². The van der Waals surface area contributed by atoms with Crippen molar-refractivity contribution in [3.63, 3.8) is 0 Å². The molecular formula is C5H11NOS. The first-order valence-corrected chi connectivity index (χ1v) is 3.03. The van der Waals surface area contributed by atoms with Crippen LogP contribution in [0.2, 0.25) is 0 Å². The molecule has 0 aliphatic heterocycles. The number of ketones is 1. The normalized spacial score (nSPS) is 13.4. The average Bonchev–Trinajstić information content (AvgIpc) is 1.65. The van der Waals surface area contributed by atoms with E-state index in [1.54, 1.807) is 14.0 Å². The summed E-state index contributed by atoms with van der Waals surface area (Å²) in [6.45, 7) is 1.56. The van der Waals surface area contributed by atoms with Crippen molar-refractivity contribution in [2.75, 3.05) is 7.05 Å². The number of carbonyl (C=O) groups is 1. The van der Waals surface area contributed by atoms with Gasteiger partial charge in [0.05, 0.1) is 5.37 Å². The molecule has 0 aliphatic rings. The Morgan fingerprint density at radius 3 is 2.50 bits per heavy atom. The van der Waals surface area contributed by atoms with Crippen LogP contribution in [-0.2, 0) is 4.79 Å². The molecule has 1 N–H and O–H groups in total. The molecule has 1 atom stereocenters. The molecule has 0 rings (SSSR count). The monoisotopic (exact) mass is 133 g/mol. The smallest absolute Gasteiger partial charge is 0.132 e.